The van der Waals surface area contributed by atoms with E-state index < -0.39 is 0 Å². The summed E-state index contributed by atoms with van der Waals surface area (Å²) in [6.45, 7) is 0. The molecule has 5 rings (SSSR count). The van der Waals surface area contributed by atoms with E-state index in [0.29, 0.717) is 15.8 Å². The predicted octanol–water partition coefficient (Wildman–Crippen LogP) is 7.02. The molecule has 3 aromatic carbocycles. The quantitative estimate of drug-likeness (QED) is 0.325. The van der Waals surface area contributed by atoms with Gasteiger partial charge in [0.2, 0.25) is 5.71 Å². The monoisotopic (exact) mass is 390 g/mol. The maximum atomic E-state index is 6.06. The Hall–Kier alpha value is -2.88. The minimum atomic E-state index is 0.513. The van der Waals surface area contributed by atoms with E-state index in [1.807, 2.05) is 72.8 Å². The number of para-hydroxylation sites is 1. The minimum absolute atomic E-state index is 0.513. The Kier molecular flexibility index (Phi) is 3.85. The van der Waals surface area contributed by atoms with Gasteiger partial charge in [0.05, 0.1) is 5.69 Å². The summed E-state index contributed by atoms with van der Waals surface area (Å²) in [6, 6.07) is 22.9. The van der Waals surface area contributed by atoms with E-state index in [0.717, 1.165) is 39.0 Å². The van der Waals surface area contributed by atoms with Gasteiger partial charge in [0.25, 0.3) is 0 Å². The summed E-state index contributed by atoms with van der Waals surface area (Å²) in [5, 5.41) is 2.29. The fraction of sp³-hybridized carbons (Fsp3) is 0. The van der Waals surface area contributed by atoms with Gasteiger partial charge in [0, 0.05) is 26.6 Å². The highest BCUT2D eigenvalue weighted by Crippen LogP contribution is 2.35. The van der Waals surface area contributed by atoms with E-state index in [9.17, 15) is 0 Å². The number of hydrogen-bond donors (Lipinski definition) is 0. The molecule has 0 atom stereocenters. The molecule has 0 N–H and O–H groups in total. The lowest BCUT2D eigenvalue weighted by Crippen LogP contribution is -1.94. The molecule has 0 fully saturated rings. The van der Waals surface area contributed by atoms with Gasteiger partial charge in [-0.1, -0.05) is 59.6 Å². The minimum Gasteiger partial charge on any atom is -0.436 e. The first-order chi connectivity index (χ1) is 13.2. The van der Waals surface area contributed by atoms with Crippen molar-refractivity contribution in [2.75, 3.05) is 0 Å². The van der Waals surface area contributed by atoms with Gasteiger partial charge in [-0.2, -0.15) is 0 Å². The molecule has 0 aliphatic heterocycles. The maximum absolute atomic E-state index is 6.06. The van der Waals surface area contributed by atoms with Crippen LogP contribution in [0.15, 0.2) is 77.2 Å². The van der Waals surface area contributed by atoms with Gasteiger partial charge in [-0.15, -0.1) is 0 Å². The Bertz CT molecular complexity index is 1280. The Morgan fingerprint density at radius 1 is 0.630 bits per heavy atom. The fourth-order valence-corrected chi connectivity index (χ4v) is 3.39. The average Bonchev–Trinajstić information content (AvgIpc) is 3.06. The molecule has 27 heavy (non-hydrogen) atoms. The Balaban J connectivity index is 1.85. The van der Waals surface area contributed by atoms with E-state index in [1.54, 1.807) is 0 Å². The van der Waals surface area contributed by atoms with Gasteiger partial charge in [-0.05, 0) is 36.4 Å². The summed E-state index contributed by atoms with van der Waals surface area (Å²) in [4.78, 5) is 9.74. The Labute approximate surface area is 165 Å². The summed E-state index contributed by atoms with van der Waals surface area (Å²) in [6.07, 6.45) is 0. The second-order valence-electron chi connectivity index (χ2n) is 6.19. The van der Waals surface area contributed by atoms with Crippen LogP contribution in [0, 0.1) is 0 Å². The molecule has 0 saturated heterocycles. The molecule has 0 spiro atoms. The van der Waals surface area contributed by atoms with Crippen molar-refractivity contribution >= 4 is 45.4 Å². The highest BCUT2D eigenvalue weighted by molar-refractivity contribution is 6.31. The second kappa shape index (κ2) is 6.38. The van der Waals surface area contributed by atoms with Gasteiger partial charge in [-0.25, -0.2) is 9.97 Å². The van der Waals surface area contributed by atoms with Crippen LogP contribution < -0.4 is 0 Å². The lowest BCUT2D eigenvalue weighted by Gasteiger charge is -2.09. The third-order valence-corrected chi connectivity index (χ3v) is 4.95. The number of fused-ring (bicyclic) bond motifs is 3. The van der Waals surface area contributed by atoms with Crippen molar-refractivity contribution in [2.45, 2.75) is 0 Å². The first kappa shape index (κ1) is 16.3. The standard InChI is InChI=1S/C22H12Cl2N2O/c23-15-9-5-13(6-10-15)19-20(14-7-11-16(24)12-8-14)26-22-21(25-19)17-3-1-2-4-18(17)27-22/h1-12H. The van der Waals surface area contributed by atoms with Gasteiger partial charge in [0.15, 0.2) is 0 Å². The van der Waals surface area contributed by atoms with Crippen LogP contribution in [0.1, 0.15) is 0 Å². The first-order valence-corrected chi connectivity index (χ1v) is 9.16. The van der Waals surface area contributed by atoms with Crippen LogP contribution in [0.25, 0.3) is 44.7 Å². The zero-order valence-electron chi connectivity index (χ0n) is 14.0. The topological polar surface area (TPSA) is 38.9 Å². The van der Waals surface area contributed by atoms with E-state index in [-0.39, 0.29) is 0 Å². The molecule has 2 heterocycles. The molecule has 0 aliphatic carbocycles. The molecule has 0 aliphatic rings. The summed E-state index contributed by atoms with van der Waals surface area (Å²) in [5.41, 5.74) is 5.38. The number of nitrogens with zero attached hydrogens (tertiary/aromatic N) is 2. The zero-order chi connectivity index (χ0) is 18.4. The first-order valence-electron chi connectivity index (χ1n) is 8.40. The van der Waals surface area contributed by atoms with Crippen LogP contribution in [-0.4, -0.2) is 9.97 Å². The lowest BCUT2D eigenvalue weighted by atomic mass is 10.0. The van der Waals surface area contributed by atoms with Crippen LogP contribution in [0.2, 0.25) is 10.0 Å². The number of furan rings is 1. The van der Waals surface area contributed by atoms with Gasteiger partial charge >= 0.3 is 0 Å². The van der Waals surface area contributed by atoms with Crippen molar-refractivity contribution in [3.63, 3.8) is 0 Å². The van der Waals surface area contributed by atoms with Crippen LogP contribution >= 0.6 is 23.2 Å². The highest BCUT2D eigenvalue weighted by atomic mass is 35.5. The van der Waals surface area contributed by atoms with Gasteiger partial charge in [0.1, 0.15) is 16.8 Å². The molecule has 5 aromatic rings. The molecule has 0 radical (unpaired) electrons. The Morgan fingerprint density at radius 3 is 1.81 bits per heavy atom. The SMILES string of the molecule is Clc1ccc(-c2nc3oc4ccccc4c3nc2-c2ccc(Cl)cc2)cc1. The largest absolute Gasteiger partial charge is 0.436 e. The summed E-state index contributed by atoms with van der Waals surface area (Å²) in [5.74, 6) is 0. The van der Waals surface area contributed by atoms with Crippen LogP contribution in [0.5, 0.6) is 0 Å². The smallest absolute Gasteiger partial charge is 0.246 e. The van der Waals surface area contributed by atoms with Crippen molar-refractivity contribution in [3.8, 4) is 22.5 Å². The zero-order valence-corrected chi connectivity index (χ0v) is 15.5. The number of halogens is 2. The number of rotatable bonds is 2. The molecule has 0 amide bonds. The van der Waals surface area contributed by atoms with Gasteiger partial charge < -0.3 is 4.42 Å². The molecular formula is C22H12Cl2N2O. The van der Waals surface area contributed by atoms with Crippen molar-refractivity contribution in [1.29, 1.82) is 0 Å². The van der Waals surface area contributed by atoms with Crippen LogP contribution in [-0.2, 0) is 0 Å². The van der Waals surface area contributed by atoms with E-state index in [2.05, 4.69) is 0 Å². The third-order valence-electron chi connectivity index (χ3n) is 4.45. The number of benzene rings is 3. The van der Waals surface area contributed by atoms with Crippen LogP contribution in [0.3, 0.4) is 0 Å². The molecule has 2 aromatic heterocycles. The molecule has 5 heteroatoms. The summed E-state index contributed by atoms with van der Waals surface area (Å²) >= 11 is 12.1. The Morgan fingerprint density at radius 2 is 1.19 bits per heavy atom. The van der Waals surface area contributed by atoms with Crippen molar-refractivity contribution < 1.29 is 4.42 Å². The molecule has 130 valence electrons. The van der Waals surface area contributed by atoms with E-state index in [4.69, 9.17) is 37.6 Å². The molecule has 0 bridgehead atoms. The average molecular weight is 391 g/mol. The van der Waals surface area contributed by atoms with Crippen molar-refractivity contribution in [3.05, 3.63) is 82.8 Å². The fourth-order valence-electron chi connectivity index (χ4n) is 3.14. The summed E-state index contributed by atoms with van der Waals surface area (Å²) in [7, 11) is 0. The number of hydrogen-bond acceptors (Lipinski definition) is 3. The van der Waals surface area contributed by atoms with Gasteiger partial charge in [-0.3, -0.25) is 0 Å². The lowest BCUT2D eigenvalue weighted by molar-refractivity contribution is 0.653. The maximum Gasteiger partial charge on any atom is 0.246 e. The highest BCUT2D eigenvalue weighted by Gasteiger charge is 2.17. The van der Waals surface area contributed by atoms with Crippen LogP contribution in [0.4, 0.5) is 0 Å². The molecule has 0 saturated carbocycles. The summed E-state index contributed by atoms with van der Waals surface area (Å²) < 4.78 is 5.93. The van der Waals surface area contributed by atoms with E-state index >= 15 is 0 Å². The predicted molar refractivity (Wildman–Crippen MR) is 110 cm³/mol. The molecule has 0 unspecified atom stereocenters. The second-order valence-corrected chi connectivity index (χ2v) is 7.06. The molecule has 3 nitrogen and oxygen atoms in total. The van der Waals surface area contributed by atoms with Crippen molar-refractivity contribution in [2.24, 2.45) is 0 Å². The van der Waals surface area contributed by atoms with E-state index in [1.165, 1.54) is 0 Å². The van der Waals surface area contributed by atoms with Crippen molar-refractivity contribution in [1.82, 2.24) is 9.97 Å². The molecular weight excluding hydrogens is 379 g/mol. The number of aromatic nitrogens is 2. The normalized spacial score (nSPS) is 11.3. The third kappa shape index (κ3) is 2.85.